The summed E-state index contributed by atoms with van der Waals surface area (Å²) >= 11 is 0. The Labute approximate surface area is 130 Å². The second kappa shape index (κ2) is 7.20. The summed E-state index contributed by atoms with van der Waals surface area (Å²) in [5, 5.41) is 19.2. The molecule has 0 aliphatic carbocycles. The SMILES string of the molecule is CCC(C)C(C(=O)O)N1CC(CO)C(c2cccc(F)c2)C1. The number of carboxylic acids is 1. The molecule has 0 radical (unpaired) electrons. The van der Waals surface area contributed by atoms with Crippen LogP contribution in [0, 0.1) is 17.7 Å². The van der Waals surface area contributed by atoms with Gasteiger partial charge in [-0.25, -0.2) is 4.39 Å². The molecule has 0 bridgehead atoms. The minimum Gasteiger partial charge on any atom is -0.480 e. The van der Waals surface area contributed by atoms with Crippen molar-refractivity contribution in [1.82, 2.24) is 4.90 Å². The molecule has 4 nitrogen and oxygen atoms in total. The Bertz CT molecular complexity index is 522. The Morgan fingerprint density at radius 1 is 1.45 bits per heavy atom. The first-order valence-electron chi connectivity index (χ1n) is 7.81. The summed E-state index contributed by atoms with van der Waals surface area (Å²) in [7, 11) is 0. The first-order valence-corrected chi connectivity index (χ1v) is 7.81. The number of aliphatic hydroxyl groups is 1. The topological polar surface area (TPSA) is 60.8 Å². The molecule has 0 spiro atoms. The minimum atomic E-state index is -0.828. The van der Waals surface area contributed by atoms with Gasteiger partial charge < -0.3 is 10.2 Å². The lowest BCUT2D eigenvalue weighted by Gasteiger charge is -2.28. The van der Waals surface area contributed by atoms with Crippen molar-refractivity contribution in [3.05, 3.63) is 35.6 Å². The zero-order valence-electron chi connectivity index (χ0n) is 13.1. The number of aliphatic hydroxyl groups excluding tert-OH is 1. The molecule has 1 fully saturated rings. The van der Waals surface area contributed by atoms with Gasteiger partial charge in [0.25, 0.3) is 0 Å². The summed E-state index contributed by atoms with van der Waals surface area (Å²) in [6.07, 6.45) is 0.780. The van der Waals surface area contributed by atoms with Crippen LogP contribution in [0.1, 0.15) is 31.7 Å². The van der Waals surface area contributed by atoms with E-state index in [0.717, 1.165) is 12.0 Å². The van der Waals surface area contributed by atoms with Gasteiger partial charge in [-0.05, 0) is 23.6 Å². The Kier molecular flexibility index (Phi) is 5.53. The van der Waals surface area contributed by atoms with Crippen LogP contribution < -0.4 is 0 Å². The van der Waals surface area contributed by atoms with Crippen LogP contribution in [0.25, 0.3) is 0 Å². The number of aliphatic carboxylic acids is 1. The highest BCUT2D eigenvalue weighted by Gasteiger charge is 2.40. The van der Waals surface area contributed by atoms with E-state index in [4.69, 9.17) is 0 Å². The molecule has 2 N–H and O–H groups in total. The highest BCUT2D eigenvalue weighted by atomic mass is 19.1. The van der Waals surface area contributed by atoms with Crippen LogP contribution in [0.3, 0.4) is 0 Å². The Morgan fingerprint density at radius 2 is 2.18 bits per heavy atom. The highest BCUT2D eigenvalue weighted by molar-refractivity contribution is 5.74. The van der Waals surface area contributed by atoms with Crippen LogP contribution in [-0.2, 0) is 4.79 Å². The third kappa shape index (κ3) is 3.47. The Hall–Kier alpha value is -1.46. The van der Waals surface area contributed by atoms with E-state index < -0.39 is 12.0 Å². The number of hydrogen-bond donors (Lipinski definition) is 2. The summed E-state index contributed by atoms with van der Waals surface area (Å²) in [6, 6.07) is 5.82. The predicted molar refractivity (Wildman–Crippen MR) is 82.2 cm³/mol. The number of nitrogens with zero attached hydrogens (tertiary/aromatic N) is 1. The summed E-state index contributed by atoms with van der Waals surface area (Å²) in [6.45, 7) is 4.95. The number of benzene rings is 1. The first kappa shape index (κ1) is 16.9. The van der Waals surface area contributed by atoms with Crippen LogP contribution >= 0.6 is 0 Å². The number of carboxylic acid groups (broad SMARTS) is 1. The molecule has 0 aromatic heterocycles. The molecular formula is C17H24FNO3. The van der Waals surface area contributed by atoms with Gasteiger partial charge in [0, 0.05) is 31.5 Å². The van der Waals surface area contributed by atoms with Gasteiger partial charge in [0.1, 0.15) is 11.9 Å². The van der Waals surface area contributed by atoms with Crippen LogP contribution in [0.15, 0.2) is 24.3 Å². The molecule has 22 heavy (non-hydrogen) atoms. The van der Waals surface area contributed by atoms with Crippen molar-refractivity contribution in [3.63, 3.8) is 0 Å². The minimum absolute atomic E-state index is 0.0233. The number of rotatable bonds is 6. The number of likely N-dealkylation sites (tertiary alicyclic amines) is 1. The van der Waals surface area contributed by atoms with Crippen molar-refractivity contribution in [1.29, 1.82) is 0 Å². The van der Waals surface area contributed by atoms with E-state index in [1.807, 2.05) is 24.8 Å². The molecule has 5 heteroatoms. The molecule has 1 aliphatic rings. The van der Waals surface area contributed by atoms with Gasteiger partial charge in [0.15, 0.2) is 0 Å². The maximum atomic E-state index is 13.4. The van der Waals surface area contributed by atoms with Crippen LogP contribution in [0.5, 0.6) is 0 Å². The number of halogens is 1. The molecular weight excluding hydrogens is 285 g/mol. The lowest BCUT2D eigenvalue weighted by Crippen LogP contribution is -2.44. The molecule has 1 aromatic carbocycles. The lowest BCUT2D eigenvalue weighted by atomic mass is 9.89. The molecule has 2 rings (SSSR count). The molecule has 0 amide bonds. The van der Waals surface area contributed by atoms with E-state index >= 15 is 0 Å². The van der Waals surface area contributed by atoms with Crippen molar-refractivity contribution in [2.24, 2.45) is 11.8 Å². The maximum absolute atomic E-state index is 13.4. The van der Waals surface area contributed by atoms with Gasteiger partial charge in [-0.2, -0.15) is 0 Å². The number of carbonyl (C=O) groups is 1. The summed E-state index contributed by atoms with van der Waals surface area (Å²) in [5.74, 6) is -1.20. The average molecular weight is 309 g/mol. The largest absolute Gasteiger partial charge is 0.480 e. The van der Waals surface area contributed by atoms with Gasteiger partial charge in [0.2, 0.25) is 0 Å². The van der Waals surface area contributed by atoms with Gasteiger partial charge in [-0.3, -0.25) is 9.69 Å². The molecule has 1 aromatic rings. The quantitative estimate of drug-likeness (QED) is 0.847. The summed E-state index contributed by atoms with van der Waals surface area (Å²) < 4.78 is 13.4. The predicted octanol–water partition coefficient (Wildman–Crippen LogP) is 2.33. The third-order valence-corrected chi connectivity index (χ3v) is 4.81. The zero-order chi connectivity index (χ0) is 16.3. The van der Waals surface area contributed by atoms with E-state index in [-0.39, 0.29) is 30.2 Å². The second-order valence-corrected chi connectivity index (χ2v) is 6.23. The smallest absolute Gasteiger partial charge is 0.321 e. The van der Waals surface area contributed by atoms with Gasteiger partial charge >= 0.3 is 5.97 Å². The molecule has 1 saturated heterocycles. The fourth-order valence-electron chi connectivity index (χ4n) is 3.41. The zero-order valence-corrected chi connectivity index (χ0v) is 13.1. The van der Waals surface area contributed by atoms with E-state index in [2.05, 4.69) is 0 Å². The van der Waals surface area contributed by atoms with E-state index in [0.29, 0.717) is 13.1 Å². The van der Waals surface area contributed by atoms with Crippen molar-refractivity contribution >= 4 is 5.97 Å². The van der Waals surface area contributed by atoms with Crippen molar-refractivity contribution < 1.29 is 19.4 Å². The van der Waals surface area contributed by atoms with E-state index in [9.17, 15) is 19.4 Å². The molecule has 4 unspecified atom stereocenters. The Balaban J connectivity index is 2.23. The second-order valence-electron chi connectivity index (χ2n) is 6.23. The standard InChI is InChI=1S/C17H24FNO3/c1-3-11(2)16(17(21)22)19-8-13(10-20)15(9-19)12-5-4-6-14(18)7-12/h4-7,11,13,15-16,20H,3,8-10H2,1-2H3,(H,21,22). The van der Waals surface area contributed by atoms with Crippen molar-refractivity contribution in [2.75, 3.05) is 19.7 Å². The molecule has 1 heterocycles. The fourth-order valence-corrected chi connectivity index (χ4v) is 3.41. The fraction of sp³-hybridized carbons (Fsp3) is 0.588. The maximum Gasteiger partial charge on any atom is 0.321 e. The summed E-state index contributed by atoms with van der Waals surface area (Å²) in [5.41, 5.74) is 0.829. The molecule has 122 valence electrons. The van der Waals surface area contributed by atoms with E-state index in [1.165, 1.54) is 12.1 Å². The van der Waals surface area contributed by atoms with Crippen LogP contribution in [0.4, 0.5) is 4.39 Å². The first-order chi connectivity index (χ1) is 10.5. The molecule has 1 aliphatic heterocycles. The average Bonchev–Trinajstić information content (AvgIpc) is 2.90. The lowest BCUT2D eigenvalue weighted by molar-refractivity contribution is -0.145. The number of hydrogen-bond acceptors (Lipinski definition) is 3. The van der Waals surface area contributed by atoms with Gasteiger partial charge in [0.05, 0.1) is 0 Å². The Morgan fingerprint density at radius 3 is 2.73 bits per heavy atom. The monoisotopic (exact) mass is 309 g/mol. The van der Waals surface area contributed by atoms with Gasteiger partial charge in [-0.1, -0.05) is 32.4 Å². The third-order valence-electron chi connectivity index (χ3n) is 4.81. The van der Waals surface area contributed by atoms with Crippen molar-refractivity contribution in [3.8, 4) is 0 Å². The highest BCUT2D eigenvalue weighted by Crippen LogP contribution is 2.35. The van der Waals surface area contributed by atoms with E-state index in [1.54, 1.807) is 6.07 Å². The molecule has 4 atom stereocenters. The summed E-state index contributed by atoms with van der Waals surface area (Å²) in [4.78, 5) is 13.5. The van der Waals surface area contributed by atoms with Crippen molar-refractivity contribution in [2.45, 2.75) is 32.2 Å². The normalized spacial score (nSPS) is 25.1. The van der Waals surface area contributed by atoms with Crippen LogP contribution in [-0.4, -0.2) is 46.8 Å². The van der Waals surface area contributed by atoms with Gasteiger partial charge in [-0.15, -0.1) is 0 Å². The van der Waals surface area contributed by atoms with Crippen LogP contribution in [0.2, 0.25) is 0 Å². The molecule has 0 saturated carbocycles.